The molecule has 84 valence electrons. The minimum absolute atomic E-state index is 0.924. The van der Waals surface area contributed by atoms with Gasteiger partial charge in [0.2, 0.25) is 0 Å². The van der Waals surface area contributed by atoms with E-state index in [-0.39, 0.29) is 0 Å². The molecule has 1 N–H and O–H groups in total. The highest BCUT2D eigenvalue weighted by atomic mass is 16.5. The fourth-order valence-corrected chi connectivity index (χ4v) is 1.72. The number of nitrogens with one attached hydrogen (secondary N) is 1. The van der Waals surface area contributed by atoms with Gasteiger partial charge < -0.3 is 10.1 Å². The maximum atomic E-state index is 5.16. The number of ether oxygens (including phenoxy) is 1. The van der Waals surface area contributed by atoms with E-state index in [9.17, 15) is 0 Å². The standard InChI is InChI=1S/C6H13NO.C5H11N/c1-2-7-3-5-8-6-4-7;1-5-2-3-6-4-5/h2-6H2,1H3;5-6H,2-4H2,1H3. The first-order chi connectivity index (χ1) is 6.83. The molecule has 0 aromatic carbocycles. The molecule has 1 unspecified atom stereocenters. The quantitative estimate of drug-likeness (QED) is 0.682. The van der Waals surface area contributed by atoms with E-state index in [4.69, 9.17) is 4.74 Å². The van der Waals surface area contributed by atoms with E-state index >= 15 is 0 Å². The molecule has 1 atom stereocenters. The van der Waals surface area contributed by atoms with Gasteiger partial charge in [-0.15, -0.1) is 0 Å². The normalized spacial score (nSPS) is 28.3. The lowest BCUT2D eigenvalue weighted by Crippen LogP contribution is -2.35. The molecule has 0 aromatic rings. The molecule has 3 nitrogen and oxygen atoms in total. The summed E-state index contributed by atoms with van der Waals surface area (Å²) in [6.07, 6.45) is 1.38. The number of likely N-dealkylation sites (N-methyl/N-ethyl adjacent to an activating group) is 1. The largest absolute Gasteiger partial charge is 0.379 e. The zero-order valence-corrected chi connectivity index (χ0v) is 9.59. The van der Waals surface area contributed by atoms with E-state index in [0.29, 0.717) is 0 Å². The highest BCUT2D eigenvalue weighted by Gasteiger charge is 2.06. The van der Waals surface area contributed by atoms with E-state index in [0.717, 1.165) is 32.2 Å². The Labute approximate surface area is 87.8 Å². The van der Waals surface area contributed by atoms with Gasteiger partial charge in [0.25, 0.3) is 0 Å². The summed E-state index contributed by atoms with van der Waals surface area (Å²) in [5.41, 5.74) is 0. The Bertz CT molecular complexity index is 129. The van der Waals surface area contributed by atoms with Gasteiger partial charge in [-0.3, -0.25) is 4.90 Å². The van der Waals surface area contributed by atoms with Gasteiger partial charge in [0.05, 0.1) is 13.2 Å². The number of morpholine rings is 1. The molecule has 2 saturated heterocycles. The van der Waals surface area contributed by atoms with E-state index in [2.05, 4.69) is 24.1 Å². The molecule has 0 saturated carbocycles. The predicted molar refractivity (Wildman–Crippen MR) is 59.6 cm³/mol. The Hall–Kier alpha value is -0.120. The Morgan fingerprint density at radius 2 is 2.07 bits per heavy atom. The van der Waals surface area contributed by atoms with Crippen LogP contribution in [0.3, 0.4) is 0 Å². The van der Waals surface area contributed by atoms with Crippen LogP contribution in [0.5, 0.6) is 0 Å². The molecule has 2 heterocycles. The molecule has 3 heteroatoms. The average molecular weight is 200 g/mol. The number of rotatable bonds is 1. The maximum absolute atomic E-state index is 5.16. The fourth-order valence-electron chi connectivity index (χ4n) is 1.72. The summed E-state index contributed by atoms with van der Waals surface area (Å²) in [5.74, 6) is 0.935. The topological polar surface area (TPSA) is 24.5 Å². The molecule has 0 amide bonds. The molecule has 0 bridgehead atoms. The van der Waals surface area contributed by atoms with Crippen LogP contribution in [0.25, 0.3) is 0 Å². The van der Waals surface area contributed by atoms with Gasteiger partial charge in [0.1, 0.15) is 0 Å². The van der Waals surface area contributed by atoms with Gasteiger partial charge in [-0.05, 0) is 32.0 Å². The van der Waals surface area contributed by atoms with Crippen molar-refractivity contribution < 1.29 is 4.74 Å². The van der Waals surface area contributed by atoms with Gasteiger partial charge >= 0.3 is 0 Å². The summed E-state index contributed by atoms with van der Waals surface area (Å²) < 4.78 is 5.16. The van der Waals surface area contributed by atoms with Crippen molar-refractivity contribution in [2.45, 2.75) is 20.3 Å². The van der Waals surface area contributed by atoms with Crippen molar-refractivity contribution in [2.24, 2.45) is 5.92 Å². The SMILES string of the molecule is CC1CCNC1.CCN1CCOCC1. The Balaban J connectivity index is 0.000000146. The molecule has 0 spiro atoms. The molecule has 2 fully saturated rings. The average Bonchev–Trinajstić information content (AvgIpc) is 2.71. The third-order valence-corrected chi connectivity index (χ3v) is 2.86. The minimum atomic E-state index is 0.924. The molecule has 2 rings (SSSR count). The van der Waals surface area contributed by atoms with Gasteiger partial charge in [-0.25, -0.2) is 0 Å². The summed E-state index contributed by atoms with van der Waals surface area (Å²) in [4.78, 5) is 2.39. The zero-order chi connectivity index (χ0) is 10.2. The monoisotopic (exact) mass is 200 g/mol. The first-order valence-corrected chi connectivity index (χ1v) is 5.83. The lowest BCUT2D eigenvalue weighted by atomic mass is 10.2. The van der Waals surface area contributed by atoms with Crippen LogP contribution in [-0.4, -0.2) is 50.8 Å². The molecular weight excluding hydrogens is 176 g/mol. The third-order valence-electron chi connectivity index (χ3n) is 2.86. The van der Waals surface area contributed by atoms with Crippen molar-refractivity contribution >= 4 is 0 Å². The first kappa shape index (κ1) is 12.0. The minimum Gasteiger partial charge on any atom is -0.379 e. The van der Waals surface area contributed by atoms with Crippen LogP contribution in [-0.2, 0) is 4.74 Å². The van der Waals surface area contributed by atoms with E-state index < -0.39 is 0 Å². The highest BCUT2D eigenvalue weighted by molar-refractivity contribution is 4.65. The summed E-state index contributed by atoms with van der Waals surface area (Å²) in [6.45, 7) is 12.2. The number of hydrogen-bond donors (Lipinski definition) is 1. The van der Waals surface area contributed by atoms with Crippen molar-refractivity contribution in [1.82, 2.24) is 10.2 Å². The molecule has 0 radical (unpaired) electrons. The Kier molecular flexibility index (Phi) is 6.15. The number of nitrogens with zero attached hydrogens (tertiary/aromatic N) is 1. The second kappa shape index (κ2) is 7.21. The molecule has 2 aliphatic heterocycles. The van der Waals surface area contributed by atoms with Gasteiger partial charge in [-0.1, -0.05) is 13.8 Å². The van der Waals surface area contributed by atoms with Crippen LogP contribution in [0.2, 0.25) is 0 Å². The van der Waals surface area contributed by atoms with Crippen LogP contribution in [0.1, 0.15) is 20.3 Å². The van der Waals surface area contributed by atoms with E-state index in [1.54, 1.807) is 0 Å². The molecule has 0 aromatic heterocycles. The zero-order valence-electron chi connectivity index (χ0n) is 9.59. The second-order valence-corrected chi connectivity index (χ2v) is 4.14. The summed E-state index contributed by atoms with van der Waals surface area (Å²) >= 11 is 0. The van der Waals surface area contributed by atoms with E-state index in [1.807, 2.05) is 0 Å². The first-order valence-electron chi connectivity index (χ1n) is 5.83. The van der Waals surface area contributed by atoms with Crippen molar-refractivity contribution in [3.63, 3.8) is 0 Å². The van der Waals surface area contributed by atoms with Crippen LogP contribution in [0.4, 0.5) is 0 Å². The van der Waals surface area contributed by atoms with Crippen LogP contribution in [0.15, 0.2) is 0 Å². The molecule has 2 aliphatic rings. The summed E-state index contributed by atoms with van der Waals surface area (Å²) in [6, 6.07) is 0. The van der Waals surface area contributed by atoms with Gasteiger partial charge in [0, 0.05) is 13.1 Å². The second-order valence-electron chi connectivity index (χ2n) is 4.14. The van der Waals surface area contributed by atoms with Gasteiger partial charge in [0.15, 0.2) is 0 Å². The summed E-state index contributed by atoms with van der Waals surface area (Å²) in [7, 11) is 0. The molecular formula is C11H24N2O. The van der Waals surface area contributed by atoms with Crippen molar-refractivity contribution in [3.8, 4) is 0 Å². The molecule has 0 aliphatic carbocycles. The van der Waals surface area contributed by atoms with Crippen molar-refractivity contribution in [3.05, 3.63) is 0 Å². The highest BCUT2D eigenvalue weighted by Crippen LogP contribution is 2.03. The number of hydrogen-bond acceptors (Lipinski definition) is 3. The van der Waals surface area contributed by atoms with Gasteiger partial charge in [-0.2, -0.15) is 0 Å². The van der Waals surface area contributed by atoms with Crippen LogP contribution < -0.4 is 5.32 Å². The maximum Gasteiger partial charge on any atom is 0.0594 e. The lowest BCUT2D eigenvalue weighted by Gasteiger charge is -2.24. The fraction of sp³-hybridized carbons (Fsp3) is 1.00. The Morgan fingerprint density at radius 1 is 1.36 bits per heavy atom. The lowest BCUT2D eigenvalue weighted by molar-refractivity contribution is 0.0405. The van der Waals surface area contributed by atoms with Crippen LogP contribution in [0, 0.1) is 5.92 Å². The van der Waals surface area contributed by atoms with Crippen LogP contribution >= 0.6 is 0 Å². The smallest absolute Gasteiger partial charge is 0.0594 e. The van der Waals surface area contributed by atoms with Crippen molar-refractivity contribution in [1.29, 1.82) is 0 Å². The van der Waals surface area contributed by atoms with Crippen molar-refractivity contribution in [2.75, 3.05) is 45.9 Å². The predicted octanol–water partition coefficient (Wildman–Crippen LogP) is 0.954. The summed E-state index contributed by atoms with van der Waals surface area (Å²) in [5, 5.41) is 3.27. The third kappa shape index (κ3) is 4.94. The van der Waals surface area contributed by atoms with E-state index in [1.165, 1.54) is 26.1 Å². The Morgan fingerprint density at radius 3 is 2.36 bits per heavy atom. The molecule has 14 heavy (non-hydrogen) atoms.